The fourth-order valence-electron chi connectivity index (χ4n) is 2.87. The third kappa shape index (κ3) is 6.37. The third-order valence-corrected chi connectivity index (χ3v) is 6.02. The zero-order chi connectivity index (χ0) is 21.6. The van der Waals surface area contributed by atoms with Crippen molar-refractivity contribution in [2.75, 3.05) is 23.7 Å². The van der Waals surface area contributed by atoms with Crippen LogP contribution in [0, 0.1) is 13.8 Å². The normalized spacial score (nSPS) is 12.3. The Labute approximate surface area is 177 Å². The highest BCUT2D eigenvalue weighted by molar-refractivity contribution is 7.92. The molecule has 158 valence electrons. The van der Waals surface area contributed by atoms with E-state index in [0.29, 0.717) is 22.9 Å². The van der Waals surface area contributed by atoms with Crippen LogP contribution < -0.4 is 14.4 Å². The van der Waals surface area contributed by atoms with E-state index in [1.165, 1.54) is 0 Å². The van der Waals surface area contributed by atoms with Crippen molar-refractivity contribution in [1.82, 2.24) is 5.32 Å². The Bertz CT molecular complexity index is 946. The number of carbonyl (C=O) groups is 1. The van der Waals surface area contributed by atoms with Crippen LogP contribution in [0.25, 0.3) is 0 Å². The minimum atomic E-state index is -3.70. The lowest BCUT2D eigenvalue weighted by atomic mass is 10.1. The minimum absolute atomic E-state index is 0.259. The van der Waals surface area contributed by atoms with Gasteiger partial charge < -0.3 is 10.1 Å². The SMILES string of the molecule is CC[C@@H](C(=O)NCCOc1ccc(C)cc1)N(c1ccc(C)c(Cl)c1)S(C)(=O)=O. The Morgan fingerprint density at radius 3 is 2.38 bits per heavy atom. The van der Waals surface area contributed by atoms with E-state index in [-0.39, 0.29) is 19.1 Å². The summed E-state index contributed by atoms with van der Waals surface area (Å²) in [5.41, 5.74) is 2.32. The summed E-state index contributed by atoms with van der Waals surface area (Å²) in [7, 11) is -3.70. The summed E-state index contributed by atoms with van der Waals surface area (Å²) in [5, 5.41) is 3.20. The van der Waals surface area contributed by atoms with Gasteiger partial charge in [-0.2, -0.15) is 0 Å². The number of aryl methyl sites for hydroxylation is 2. The van der Waals surface area contributed by atoms with E-state index >= 15 is 0 Å². The van der Waals surface area contributed by atoms with Gasteiger partial charge in [0.1, 0.15) is 18.4 Å². The van der Waals surface area contributed by atoms with Crippen LogP contribution in [-0.2, 0) is 14.8 Å². The fourth-order valence-corrected chi connectivity index (χ4v) is 4.25. The number of anilines is 1. The van der Waals surface area contributed by atoms with Crippen LogP contribution in [0.4, 0.5) is 5.69 Å². The summed E-state index contributed by atoms with van der Waals surface area (Å²) >= 11 is 6.17. The first-order chi connectivity index (χ1) is 13.6. The van der Waals surface area contributed by atoms with Gasteiger partial charge in [-0.1, -0.05) is 42.3 Å². The first-order valence-corrected chi connectivity index (χ1v) is 11.6. The Morgan fingerprint density at radius 2 is 1.83 bits per heavy atom. The average Bonchev–Trinajstić information content (AvgIpc) is 2.66. The maximum Gasteiger partial charge on any atom is 0.244 e. The third-order valence-electron chi connectivity index (χ3n) is 4.43. The van der Waals surface area contributed by atoms with Gasteiger partial charge in [0.05, 0.1) is 18.5 Å². The van der Waals surface area contributed by atoms with Crippen molar-refractivity contribution in [3.05, 3.63) is 58.6 Å². The molecule has 8 heteroatoms. The number of hydrogen-bond donors (Lipinski definition) is 1. The Hall–Kier alpha value is -2.25. The highest BCUT2D eigenvalue weighted by Crippen LogP contribution is 2.27. The number of sulfonamides is 1. The highest BCUT2D eigenvalue weighted by atomic mass is 35.5. The van der Waals surface area contributed by atoms with Gasteiger partial charge in [0, 0.05) is 5.02 Å². The van der Waals surface area contributed by atoms with Gasteiger partial charge in [-0.15, -0.1) is 0 Å². The molecule has 0 spiro atoms. The van der Waals surface area contributed by atoms with Crippen LogP contribution in [0.2, 0.25) is 5.02 Å². The van der Waals surface area contributed by atoms with Crippen LogP contribution in [0.3, 0.4) is 0 Å². The molecule has 2 rings (SSSR count). The van der Waals surface area contributed by atoms with E-state index < -0.39 is 16.1 Å². The van der Waals surface area contributed by atoms with Gasteiger partial charge >= 0.3 is 0 Å². The number of carbonyl (C=O) groups excluding carboxylic acids is 1. The average molecular weight is 439 g/mol. The molecule has 0 radical (unpaired) electrons. The molecule has 29 heavy (non-hydrogen) atoms. The van der Waals surface area contributed by atoms with Gasteiger partial charge in [-0.3, -0.25) is 9.10 Å². The number of nitrogens with one attached hydrogen (secondary N) is 1. The zero-order valence-electron chi connectivity index (χ0n) is 17.1. The molecule has 6 nitrogen and oxygen atoms in total. The second kappa shape index (κ2) is 9.98. The minimum Gasteiger partial charge on any atom is -0.492 e. The predicted molar refractivity (Wildman–Crippen MR) is 117 cm³/mol. The molecule has 0 fully saturated rings. The monoisotopic (exact) mass is 438 g/mol. The molecule has 0 aliphatic heterocycles. The molecule has 1 atom stereocenters. The molecular weight excluding hydrogens is 412 g/mol. The van der Waals surface area contributed by atoms with Crippen LogP contribution in [0.5, 0.6) is 5.75 Å². The van der Waals surface area contributed by atoms with Crippen molar-refractivity contribution in [3.63, 3.8) is 0 Å². The lowest BCUT2D eigenvalue weighted by Gasteiger charge is -2.30. The predicted octanol–water partition coefficient (Wildman–Crippen LogP) is 3.70. The van der Waals surface area contributed by atoms with Crippen molar-refractivity contribution < 1.29 is 17.9 Å². The van der Waals surface area contributed by atoms with E-state index in [1.54, 1.807) is 25.1 Å². The lowest BCUT2D eigenvalue weighted by Crippen LogP contribution is -2.50. The summed E-state index contributed by atoms with van der Waals surface area (Å²) in [5.74, 6) is 0.325. The number of ether oxygens (including phenoxy) is 1. The first kappa shape index (κ1) is 23.0. The second-order valence-electron chi connectivity index (χ2n) is 6.87. The van der Waals surface area contributed by atoms with Crippen LogP contribution in [-0.4, -0.2) is 39.8 Å². The molecule has 0 aliphatic carbocycles. The molecule has 0 unspecified atom stereocenters. The van der Waals surface area contributed by atoms with Crippen molar-refractivity contribution in [2.45, 2.75) is 33.2 Å². The van der Waals surface area contributed by atoms with Crippen molar-refractivity contribution in [2.24, 2.45) is 0 Å². The maximum absolute atomic E-state index is 12.7. The van der Waals surface area contributed by atoms with Crippen molar-refractivity contribution in [3.8, 4) is 5.75 Å². The standard InChI is InChI=1S/C21H27ClN2O4S/c1-5-20(21(25)23-12-13-28-18-10-6-15(2)7-11-18)24(29(4,26)27)17-9-8-16(3)19(22)14-17/h6-11,14,20H,5,12-13H2,1-4H3,(H,23,25)/t20-/m0/s1. The summed E-state index contributed by atoms with van der Waals surface area (Å²) in [4.78, 5) is 12.7. The molecule has 0 heterocycles. The van der Waals surface area contributed by atoms with Gasteiger partial charge in [-0.05, 0) is 50.1 Å². The summed E-state index contributed by atoms with van der Waals surface area (Å²) in [6.45, 7) is 6.12. The number of amides is 1. The van der Waals surface area contributed by atoms with E-state index in [2.05, 4.69) is 5.32 Å². The fraction of sp³-hybridized carbons (Fsp3) is 0.381. The quantitative estimate of drug-likeness (QED) is 0.606. The first-order valence-electron chi connectivity index (χ1n) is 9.36. The van der Waals surface area contributed by atoms with Gasteiger partial charge in [0.2, 0.25) is 15.9 Å². The number of halogens is 1. The van der Waals surface area contributed by atoms with Crippen LogP contribution in [0.15, 0.2) is 42.5 Å². The van der Waals surface area contributed by atoms with Crippen molar-refractivity contribution in [1.29, 1.82) is 0 Å². The summed E-state index contributed by atoms with van der Waals surface area (Å²) in [6, 6.07) is 11.7. The number of hydrogen-bond acceptors (Lipinski definition) is 4. The molecule has 1 N–H and O–H groups in total. The summed E-state index contributed by atoms with van der Waals surface area (Å²) < 4.78 is 31.6. The number of benzene rings is 2. The molecule has 0 aliphatic rings. The molecule has 0 saturated carbocycles. The highest BCUT2D eigenvalue weighted by Gasteiger charge is 2.31. The van der Waals surface area contributed by atoms with Crippen molar-refractivity contribution >= 4 is 33.2 Å². The molecular formula is C21H27ClN2O4S. The van der Waals surface area contributed by atoms with Crippen LogP contribution in [0.1, 0.15) is 24.5 Å². The van der Waals surface area contributed by atoms with E-state index in [0.717, 1.165) is 21.7 Å². The Kier molecular flexibility index (Phi) is 7.93. The maximum atomic E-state index is 12.7. The van der Waals surface area contributed by atoms with E-state index in [9.17, 15) is 13.2 Å². The van der Waals surface area contributed by atoms with Gasteiger partial charge in [-0.25, -0.2) is 8.42 Å². The van der Waals surface area contributed by atoms with Gasteiger partial charge in [0.15, 0.2) is 0 Å². The molecule has 2 aromatic carbocycles. The smallest absolute Gasteiger partial charge is 0.244 e. The summed E-state index contributed by atoms with van der Waals surface area (Å²) in [6.07, 6.45) is 1.39. The Balaban J connectivity index is 2.07. The van der Waals surface area contributed by atoms with E-state index in [4.69, 9.17) is 16.3 Å². The zero-order valence-corrected chi connectivity index (χ0v) is 18.7. The van der Waals surface area contributed by atoms with E-state index in [1.807, 2.05) is 38.1 Å². The van der Waals surface area contributed by atoms with Crippen LogP contribution >= 0.6 is 11.6 Å². The molecule has 2 aromatic rings. The molecule has 0 bridgehead atoms. The second-order valence-corrected chi connectivity index (χ2v) is 9.14. The molecule has 0 saturated heterocycles. The number of rotatable bonds is 9. The number of nitrogens with zero attached hydrogens (tertiary/aromatic N) is 1. The molecule has 1 amide bonds. The lowest BCUT2D eigenvalue weighted by molar-refractivity contribution is -0.122. The topological polar surface area (TPSA) is 75.7 Å². The largest absolute Gasteiger partial charge is 0.492 e. The Morgan fingerprint density at radius 1 is 1.17 bits per heavy atom. The molecule has 0 aromatic heterocycles. The van der Waals surface area contributed by atoms with Gasteiger partial charge in [0.25, 0.3) is 0 Å².